The van der Waals surface area contributed by atoms with Crippen molar-refractivity contribution >= 4 is 11.6 Å². The number of pyridine rings is 1. The number of anilines is 1. The fourth-order valence-electron chi connectivity index (χ4n) is 1.55. The van der Waals surface area contributed by atoms with E-state index < -0.39 is 0 Å². The monoisotopic (exact) mass is 236 g/mol. The highest BCUT2D eigenvalue weighted by Crippen LogP contribution is 2.16. The van der Waals surface area contributed by atoms with Crippen molar-refractivity contribution in [2.75, 3.05) is 19.0 Å². The van der Waals surface area contributed by atoms with Crippen LogP contribution < -0.4 is 11.3 Å². The summed E-state index contributed by atoms with van der Waals surface area (Å²) in [4.78, 5) is 18.0. The Balaban J connectivity index is 2.87. The van der Waals surface area contributed by atoms with Crippen molar-refractivity contribution in [3.8, 4) is 0 Å². The van der Waals surface area contributed by atoms with Gasteiger partial charge in [0.15, 0.2) is 0 Å². The summed E-state index contributed by atoms with van der Waals surface area (Å²) < 4.78 is 0. The molecule has 1 aromatic rings. The number of nitrogens with two attached hydrogens (primary N) is 1. The van der Waals surface area contributed by atoms with Gasteiger partial charge in [-0.3, -0.25) is 15.6 Å². The maximum atomic E-state index is 12.1. The lowest BCUT2D eigenvalue weighted by Gasteiger charge is -2.18. The lowest BCUT2D eigenvalue weighted by atomic mass is 10.2. The zero-order chi connectivity index (χ0) is 12.8. The van der Waals surface area contributed by atoms with Gasteiger partial charge in [0, 0.05) is 25.5 Å². The van der Waals surface area contributed by atoms with Crippen LogP contribution in [0.4, 0.5) is 5.69 Å². The van der Waals surface area contributed by atoms with Crippen molar-refractivity contribution in [1.82, 2.24) is 9.88 Å². The fraction of sp³-hybridized carbons (Fsp3) is 0.500. The molecule has 0 saturated heterocycles. The molecule has 0 unspecified atom stereocenters. The first-order valence-electron chi connectivity index (χ1n) is 5.78. The number of nitrogen functional groups attached to an aromatic ring is 1. The molecule has 0 aliphatic rings. The van der Waals surface area contributed by atoms with Crippen LogP contribution in [-0.4, -0.2) is 29.4 Å². The second kappa shape index (κ2) is 6.20. The Morgan fingerprint density at radius 1 is 1.59 bits per heavy atom. The number of hydrogen-bond donors (Lipinski definition) is 2. The molecule has 0 radical (unpaired) electrons. The smallest absolute Gasteiger partial charge is 0.257 e. The molecule has 17 heavy (non-hydrogen) atoms. The number of aromatic nitrogens is 1. The second-order valence-corrected chi connectivity index (χ2v) is 4.10. The molecule has 3 N–H and O–H groups in total. The number of carbonyl (C=O) groups is 1. The molecule has 0 bridgehead atoms. The fourth-order valence-corrected chi connectivity index (χ4v) is 1.55. The van der Waals surface area contributed by atoms with E-state index in [1.807, 2.05) is 6.92 Å². The maximum absolute atomic E-state index is 12.1. The summed E-state index contributed by atoms with van der Waals surface area (Å²) in [5, 5.41) is 0. The van der Waals surface area contributed by atoms with E-state index in [2.05, 4.69) is 17.3 Å². The highest BCUT2D eigenvalue weighted by Gasteiger charge is 2.15. The molecule has 0 aliphatic heterocycles. The predicted molar refractivity (Wildman–Crippen MR) is 68.7 cm³/mol. The minimum atomic E-state index is -0.0566. The second-order valence-electron chi connectivity index (χ2n) is 4.10. The van der Waals surface area contributed by atoms with Crippen molar-refractivity contribution in [2.45, 2.75) is 26.7 Å². The summed E-state index contributed by atoms with van der Waals surface area (Å²) in [5.74, 6) is 5.35. The maximum Gasteiger partial charge on any atom is 0.257 e. The van der Waals surface area contributed by atoms with Gasteiger partial charge in [0.1, 0.15) is 0 Å². The topological polar surface area (TPSA) is 71.2 Å². The number of carbonyl (C=O) groups excluding carboxylic acids is 1. The Labute approximate surface area is 102 Å². The van der Waals surface area contributed by atoms with Crippen LogP contribution >= 0.6 is 0 Å². The summed E-state index contributed by atoms with van der Waals surface area (Å²) in [7, 11) is 1.79. The van der Waals surface area contributed by atoms with Gasteiger partial charge in [-0.05, 0) is 19.4 Å². The Kier molecular flexibility index (Phi) is 4.90. The number of hydrazine groups is 1. The van der Waals surface area contributed by atoms with Gasteiger partial charge in [-0.2, -0.15) is 0 Å². The van der Waals surface area contributed by atoms with Gasteiger partial charge in [-0.15, -0.1) is 0 Å². The number of amides is 1. The quantitative estimate of drug-likeness (QED) is 0.601. The molecule has 5 heteroatoms. The van der Waals surface area contributed by atoms with Crippen LogP contribution in [0.2, 0.25) is 0 Å². The molecule has 0 saturated carbocycles. The van der Waals surface area contributed by atoms with Crippen molar-refractivity contribution in [3.63, 3.8) is 0 Å². The van der Waals surface area contributed by atoms with Gasteiger partial charge in [0.05, 0.1) is 11.3 Å². The molecular weight excluding hydrogens is 216 g/mol. The van der Waals surface area contributed by atoms with E-state index in [4.69, 9.17) is 5.84 Å². The van der Waals surface area contributed by atoms with Gasteiger partial charge in [0.25, 0.3) is 5.91 Å². The minimum Gasteiger partial charge on any atom is -0.342 e. The van der Waals surface area contributed by atoms with Crippen LogP contribution in [0.25, 0.3) is 0 Å². The molecule has 5 nitrogen and oxygen atoms in total. The zero-order valence-corrected chi connectivity index (χ0v) is 10.7. The molecule has 1 rings (SSSR count). The lowest BCUT2D eigenvalue weighted by Crippen LogP contribution is -2.29. The van der Waals surface area contributed by atoms with Gasteiger partial charge in [-0.1, -0.05) is 13.3 Å². The van der Waals surface area contributed by atoms with E-state index in [-0.39, 0.29) is 5.91 Å². The van der Waals surface area contributed by atoms with Crippen molar-refractivity contribution in [2.24, 2.45) is 5.84 Å². The predicted octanol–water partition coefficient (Wildman–Crippen LogP) is 1.55. The number of unbranched alkanes of at least 4 members (excludes halogenated alkanes) is 1. The number of nitrogens with one attached hydrogen (secondary N) is 1. The summed E-state index contributed by atoms with van der Waals surface area (Å²) in [5.41, 5.74) is 4.49. The first-order chi connectivity index (χ1) is 8.10. The normalized spacial score (nSPS) is 10.1. The molecule has 0 aromatic carbocycles. The molecule has 0 fully saturated rings. The average molecular weight is 236 g/mol. The Morgan fingerprint density at radius 2 is 2.29 bits per heavy atom. The summed E-state index contributed by atoms with van der Waals surface area (Å²) in [6, 6.07) is 1.76. The summed E-state index contributed by atoms with van der Waals surface area (Å²) >= 11 is 0. The number of hydrogen-bond acceptors (Lipinski definition) is 4. The van der Waals surface area contributed by atoms with Gasteiger partial charge >= 0.3 is 0 Å². The highest BCUT2D eigenvalue weighted by molar-refractivity contribution is 5.99. The van der Waals surface area contributed by atoms with E-state index >= 15 is 0 Å². The first-order valence-corrected chi connectivity index (χ1v) is 5.78. The molecular formula is C12H20N4O. The number of nitrogens with zero attached hydrogens (tertiary/aromatic N) is 2. The molecule has 1 aromatic heterocycles. The third kappa shape index (κ3) is 3.42. The van der Waals surface area contributed by atoms with Crippen molar-refractivity contribution in [1.29, 1.82) is 0 Å². The Morgan fingerprint density at radius 3 is 2.88 bits per heavy atom. The molecule has 94 valence electrons. The van der Waals surface area contributed by atoms with Crippen LogP contribution in [0.5, 0.6) is 0 Å². The van der Waals surface area contributed by atoms with Gasteiger partial charge < -0.3 is 10.3 Å². The van der Waals surface area contributed by atoms with Crippen LogP contribution in [0.1, 0.15) is 35.8 Å². The number of aryl methyl sites for hydroxylation is 1. The minimum absolute atomic E-state index is 0.0566. The van der Waals surface area contributed by atoms with Crippen molar-refractivity contribution in [3.05, 3.63) is 23.5 Å². The lowest BCUT2D eigenvalue weighted by molar-refractivity contribution is 0.0794. The highest BCUT2D eigenvalue weighted by atomic mass is 16.2. The van der Waals surface area contributed by atoms with Gasteiger partial charge in [-0.25, -0.2) is 0 Å². The standard InChI is InChI=1S/C12H20N4O/c1-4-5-6-16(3)12(17)10-8-14-9(2)7-11(10)15-13/h7-8H,4-6,13H2,1-3H3,(H,14,15). The largest absolute Gasteiger partial charge is 0.342 e. The van der Waals surface area contributed by atoms with Gasteiger partial charge in [0.2, 0.25) is 0 Å². The van der Waals surface area contributed by atoms with Crippen LogP contribution in [0, 0.1) is 6.92 Å². The van der Waals surface area contributed by atoms with E-state index in [9.17, 15) is 4.79 Å². The van der Waals surface area contributed by atoms with E-state index in [0.717, 1.165) is 25.1 Å². The molecule has 0 spiro atoms. The number of rotatable bonds is 5. The zero-order valence-electron chi connectivity index (χ0n) is 10.7. The Bertz CT molecular complexity index is 392. The molecule has 0 atom stereocenters. The van der Waals surface area contributed by atoms with Crippen LogP contribution in [0.3, 0.4) is 0 Å². The third-order valence-electron chi connectivity index (χ3n) is 2.62. The van der Waals surface area contributed by atoms with Crippen LogP contribution in [0.15, 0.2) is 12.3 Å². The SMILES string of the molecule is CCCCN(C)C(=O)c1cnc(C)cc1NN. The van der Waals surface area contributed by atoms with Crippen molar-refractivity contribution < 1.29 is 4.79 Å². The Hall–Kier alpha value is -1.62. The summed E-state index contributed by atoms with van der Waals surface area (Å²) in [6.07, 6.45) is 3.62. The molecule has 1 amide bonds. The average Bonchev–Trinajstić information content (AvgIpc) is 2.34. The third-order valence-corrected chi connectivity index (χ3v) is 2.62. The molecule has 1 heterocycles. The van der Waals surface area contributed by atoms with E-state index in [1.54, 1.807) is 24.2 Å². The van der Waals surface area contributed by atoms with E-state index in [0.29, 0.717) is 11.3 Å². The molecule has 0 aliphatic carbocycles. The first kappa shape index (κ1) is 13.4. The summed E-state index contributed by atoms with van der Waals surface area (Å²) in [6.45, 7) is 4.70. The van der Waals surface area contributed by atoms with Crippen LogP contribution in [-0.2, 0) is 0 Å². The van der Waals surface area contributed by atoms with E-state index in [1.165, 1.54) is 0 Å².